The van der Waals surface area contributed by atoms with Gasteiger partial charge in [-0.2, -0.15) is 0 Å². The lowest BCUT2D eigenvalue weighted by atomic mass is 9.40. The van der Waals surface area contributed by atoms with Crippen LogP contribution in [-0.4, -0.2) is 66.3 Å². The molecule has 5 N–H and O–H groups in total. The van der Waals surface area contributed by atoms with Crippen molar-refractivity contribution in [3.8, 4) is 5.75 Å². The molecule has 0 aromatic heterocycles. The van der Waals surface area contributed by atoms with Crippen LogP contribution in [0.25, 0.3) is 5.76 Å². The molecule has 7 atom stereocenters. The second kappa shape index (κ2) is 14.6. The number of hydrogen-bond donors (Lipinski definition) is 5. The summed E-state index contributed by atoms with van der Waals surface area (Å²) in [6, 6.07) is 21.0. The number of aliphatic hydroxyl groups is 4. The van der Waals surface area contributed by atoms with E-state index in [1.807, 2.05) is 36.4 Å². The van der Waals surface area contributed by atoms with E-state index in [0.29, 0.717) is 6.42 Å². The van der Waals surface area contributed by atoms with Crippen LogP contribution >= 0.6 is 0 Å². The lowest BCUT2D eigenvalue weighted by molar-refractivity contribution is -0.215. The van der Waals surface area contributed by atoms with Crippen molar-refractivity contribution < 1.29 is 54.2 Å². The van der Waals surface area contributed by atoms with E-state index in [9.17, 15) is 49.5 Å². The molecular weight excluding hydrogens is 716 g/mol. The zero-order chi connectivity index (χ0) is 41.1. The second-order valence-electron chi connectivity index (χ2n) is 16.1. The van der Waals surface area contributed by atoms with Gasteiger partial charge in [0, 0.05) is 23.2 Å². The molecule has 3 aromatic carbocycles. The van der Waals surface area contributed by atoms with E-state index in [4.69, 9.17) is 4.74 Å². The number of rotatable bonds is 11. The lowest BCUT2D eigenvalue weighted by Crippen LogP contribution is -2.75. The second-order valence-corrected chi connectivity index (χ2v) is 16.1. The Hall–Kier alpha value is -5.39. The van der Waals surface area contributed by atoms with Gasteiger partial charge in [-0.25, -0.2) is 0 Å². The molecule has 0 aliphatic heterocycles. The van der Waals surface area contributed by atoms with Crippen molar-refractivity contribution in [3.05, 3.63) is 118 Å². The number of allylic oxidation sites excluding steroid dienone is 1. The van der Waals surface area contributed by atoms with Crippen LogP contribution in [-0.2, 0) is 41.7 Å². The summed E-state index contributed by atoms with van der Waals surface area (Å²) in [7, 11) is 0. The van der Waals surface area contributed by atoms with E-state index in [2.05, 4.69) is 0 Å². The van der Waals surface area contributed by atoms with Crippen LogP contribution in [0.5, 0.6) is 5.75 Å². The fourth-order valence-corrected chi connectivity index (χ4v) is 9.78. The van der Waals surface area contributed by atoms with Gasteiger partial charge in [0.25, 0.3) is 0 Å². The lowest BCUT2D eigenvalue weighted by Gasteiger charge is -2.63. The Balaban J connectivity index is 1.53. The fraction of sp³-hybridized carbons (Fsp3) is 0.400. The number of aromatic hydroxyl groups is 1. The molecule has 294 valence electrons. The zero-order valence-corrected chi connectivity index (χ0v) is 32.3. The van der Waals surface area contributed by atoms with E-state index >= 15 is 0 Å². The van der Waals surface area contributed by atoms with E-state index in [-0.39, 0.29) is 35.5 Å². The van der Waals surface area contributed by atoms with Crippen LogP contribution in [0.3, 0.4) is 0 Å². The Morgan fingerprint density at radius 3 is 2.04 bits per heavy atom. The summed E-state index contributed by atoms with van der Waals surface area (Å²) < 4.78 is 5.61. The van der Waals surface area contributed by atoms with Gasteiger partial charge in [0.15, 0.2) is 17.2 Å². The Labute approximate surface area is 325 Å². The predicted octanol–water partition coefficient (Wildman–Crippen LogP) is 6.14. The molecule has 1 fully saturated rings. The van der Waals surface area contributed by atoms with Gasteiger partial charge in [0.1, 0.15) is 35.2 Å². The Kier molecular flexibility index (Phi) is 10.5. The number of ether oxygens (including phenoxy) is 1. The van der Waals surface area contributed by atoms with Crippen molar-refractivity contribution >= 4 is 34.9 Å². The average Bonchev–Trinajstić information content (AvgIpc) is 3.16. The number of benzene rings is 3. The number of aryl methyl sites for hydroxylation is 1. The summed E-state index contributed by atoms with van der Waals surface area (Å²) in [6.45, 7) is 8.67. The standard InChI is InChI=1S/C45H48O11/c1-23(2)36-38(50)34(25(4)46)40(52)45(55)41(53)37-39(51)35-31(48)20-18-28(33(35)24(3)43(37,5)42(54)44(36,45)6)29(30(47)19-17-26-13-9-7-10-14-26)21-32(49)56-22-27-15-11-8-12-16-27/h7-16,18,20,23-24,29,36,42,48,51-52,54-55H,17,19,21-22H2,1-6H3/t24-,29?,36?,42-,43+,44+,45+/m1/s1. The third-order valence-corrected chi connectivity index (χ3v) is 12.7. The minimum atomic E-state index is -3.04. The van der Waals surface area contributed by atoms with Gasteiger partial charge >= 0.3 is 5.97 Å². The van der Waals surface area contributed by atoms with Crippen molar-refractivity contribution in [3.63, 3.8) is 0 Å². The number of carbonyl (C=O) groups excluding carboxylic acids is 5. The van der Waals surface area contributed by atoms with Gasteiger partial charge in [-0.05, 0) is 53.5 Å². The quantitative estimate of drug-likeness (QED) is 0.111. The van der Waals surface area contributed by atoms with E-state index in [1.54, 1.807) is 45.0 Å². The largest absolute Gasteiger partial charge is 0.508 e. The summed E-state index contributed by atoms with van der Waals surface area (Å²) in [6.07, 6.45) is -1.90. The Morgan fingerprint density at radius 2 is 1.46 bits per heavy atom. The zero-order valence-electron chi connectivity index (χ0n) is 32.3. The number of ketones is 4. The van der Waals surface area contributed by atoms with Crippen LogP contribution < -0.4 is 0 Å². The van der Waals surface area contributed by atoms with Crippen LogP contribution in [0.4, 0.5) is 0 Å². The Morgan fingerprint density at radius 1 is 0.875 bits per heavy atom. The first-order chi connectivity index (χ1) is 26.3. The fourth-order valence-electron chi connectivity index (χ4n) is 9.78. The summed E-state index contributed by atoms with van der Waals surface area (Å²) in [5.74, 6) is -10.7. The van der Waals surface area contributed by atoms with Crippen molar-refractivity contribution in [1.29, 1.82) is 0 Å². The number of aliphatic hydroxyl groups excluding tert-OH is 3. The normalized spacial score (nSPS) is 27.7. The molecule has 0 bridgehead atoms. The number of phenols is 1. The number of carbonyl (C=O) groups is 5. The van der Waals surface area contributed by atoms with E-state index in [0.717, 1.165) is 18.1 Å². The number of fused-ring (bicyclic) bond motifs is 3. The number of phenolic OH excluding ortho intramolecular Hbond substituents is 1. The highest BCUT2D eigenvalue weighted by atomic mass is 16.5. The molecule has 2 unspecified atom stereocenters. The Bertz CT molecular complexity index is 2190. The molecular formula is C45H48O11. The maximum absolute atomic E-state index is 14.9. The maximum Gasteiger partial charge on any atom is 0.307 e. The van der Waals surface area contributed by atoms with Crippen LogP contribution in [0.2, 0.25) is 0 Å². The molecule has 56 heavy (non-hydrogen) atoms. The number of esters is 1. The molecule has 0 saturated heterocycles. The maximum atomic E-state index is 14.9. The molecule has 11 heteroatoms. The molecule has 11 nitrogen and oxygen atoms in total. The number of hydrogen-bond acceptors (Lipinski definition) is 11. The molecule has 0 radical (unpaired) electrons. The summed E-state index contributed by atoms with van der Waals surface area (Å²) in [5, 5.41) is 60.2. The number of Topliss-reactive ketones (excluding diaryl/α,β-unsaturated/α-hetero) is 4. The third-order valence-electron chi connectivity index (χ3n) is 12.7. The average molecular weight is 765 g/mol. The first-order valence-electron chi connectivity index (χ1n) is 18.8. The predicted molar refractivity (Wildman–Crippen MR) is 205 cm³/mol. The van der Waals surface area contributed by atoms with Gasteiger partial charge in [0.05, 0.1) is 29.6 Å². The molecule has 3 aliphatic rings. The summed E-state index contributed by atoms with van der Waals surface area (Å²) in [4.78, 5) is 69.5. The van der Waals surface area contributed by atoms with Crippen LogP contribution in [0.1, 0.15) is 94.0 Å². The summed E-state index contributed by atoms with van der Waals surface area (Å²) in [5.41, 5.74) is -6.51. The highest BCUT2D eigenvalue weighted by Crippen LogP contribution is 2.68. The van der Waals surface area contributed by atoms with Gasteiger partial charge in [-0.3, -0.25) is 24.0 Å². The SMILES string of the molecule is CC(=O)C1=C(O)[C@]2(O)C(=O)C3=C(O)c4c(O)ccc(C(CC(=O)OCc5ccccc5)C(=O)CCc5ccccc5)c4[C@@H](C)[C@]3(C)[C@@H](O)[C@]2(C)C(C(C)C)C1=O. The molecule has 0 spiro atoms. The van der Waals surface area contributed by atoms with Gasteiger partial charge in [-0.15, -0.1) is 0 Å². The van der Waals surface area contributed by atoms with Crippen LogP contribution in [0, 0.1) is 22.7 Å². The first kappa shape index (κ1) is 40.3. The van der Waals surface area contributed by atoms with Gasteiger partial charge in [-0.1, -0.05) is 101 Å². The van der Waals surface area contributed by atoms with Gasteiger partial charge < -0.3 is 30.3 Å². The first-order valence-corrected chi connectivity index (χ1v) is 18.8. The molecule has 0 amide bonds. The molecule has 0 heterocycles. The van der Waals surface area contributed by atoms with E-state index in [1.165, 1.54) is 26.0 Å². The molecule has 1 saturated carbocycles. The molecule has 6 rings (SSSR count). The van der Waals surface area contributed by atoms with Crippen molar-refractivity contribution in [2.24, 2.45) is 22.7 Å². The minimum Gasteiger partial charge on any atom is -0.508 e. The highest BCUT2D eigenvalue weighted by molar-refractivity contribution is 6.24. The topological polar surface area (TPSA) is 196 Å². The van der Waals surface area contributed by atoms with E-state index < -0.39 is 104 Å². The summed E-state index contributed by atoms with van der Waals surface area (Å²) >= 11 is 0. The van der Waals surface area contributed by atoms with Gasteiger partial charge in [0.2, 0.25) is 5.78 Å². The minimum absolute atomic E-state index is 0.0174. The third kappa shape index (κ3) is 5.90. The van der Waals surface area contributed by atoms with Crippen molar-refractivity contribution in [1.82, 2.24) is 0 Å². The highest BCUT2D eigenvalue weighted by Gasteiger charge is 2.77. The van der Waals surface area contributed by atoms with Crippen molar-refractivity contribution in [2.75, 3.05) is 0 Å². The molecule has 3 aliphatic carbocycles. The monoisotopic (exact) mass is 764 g/mol. The molecule has 3 aromatic rings. The van der Waals surface area contributed by atoms with Crippen molar-refractivity contribution in [2.45, 2.75) is 91.0 Å². The van der Waals surface area contributed by atoms with Crippen LogP contribution in [0.15, 0.2) is 89.7 Å². The smallest absolute Gasteiger partial charge is 0.307 e.